The number of pyridine rings is 1. The van der Waals surface area contributed by atoms with E-state index in [4.69, 9.17) is 14.3 Å². The van der Waals surface area contributed by atoms with E-state index in [-0.39, 0.29) is 10.8 Å². The Hall–Kier alpha value is -3.30. The summed E-state index contributed by atoms with van der Waals surface area (Å²) in [5.74, 6) is 1.19. The Morgan fingerprint density at radius 3 is 2.63 bits per heavy atom. The van der Waals surface area contributed by atoms with Gasteiger partial charge in [-0.3, -0.25) is 20.1 Å². The zero-order chi connectivity index (χ0) is 21.3. The Balaban J connectivity index is 1.37. The van der Waals surface area contributed by atoms with Crippen molar-refractivity contribution in [2.75, 3.05) is 19.8 Å². The number of aromatic amines is 1. The summed E-state index contributed by atoms with van der Waals surface area (Å²) >= 11 is 1.00. The van der Waals surface area contributed by atoms with Gasteiger partial charge in [-0.1, -0.05) is 30.0 Å². The van der Waals surface area contributed by atoms with Crippen molar-refractivity contribution >= 4 is 17.0 Å². The van der Waals surface area contributed by atoms with E-state index in [1.807, 2.05) is 37.3 Å². The maximum Gasteiger partial charge on any atom is 0.307 e. The minimum absolute atomic E-state index is 0.0717. The van der Waals surface area contributed by atoms with Gasteiger partial charge in [-0.15, -0.1) is 0 Å². The standard InChI is InChI=1S/C21H23N3O5S/c1-3-27-19-9-6-16(13-22-19)14(2)24-29-11-10-28-17-7-4-15(5-8-17)12-18-20(25)23-21(26)30-18/h4-9,13,24-25H,2-3,10-12H2,1H3,(H,23,26). The van der Waals surface area contributed by atoms with Gasteiger partial charge in [0.2, 0.25) is 11.8 Å². The number of aromatic hydroxyl groups is 1. The van der Waals surface area contributed by atoms with Crippen LogP contribution in [0.1, 0.15) is 22.9 Å². The first-order valence-electron chi connectivity index (χ1n) is 9.33. The number of aromatic nitrogens is 2. The highest BCUT2D eigenvalue weighted by Crippen LogP contribution is 2.21. The molecule has 3 aromatic rings. The van der Waals surface area contributed by atoms with E-state index in [1.54, 1.807) is 12.3 Å². The summed E-state index contributed by atoms with van der Waals surface area (Å²) in [4.78, 5) is 23.5. The second kappa shape index (κ2) is 10.5. The van der Waals surface area contributed by atoms with Crippen molar-refractivity contribution in [3.8, 4) is 17.5 Å². The molecule has 9 heteroatoms. The molecule has 0 unspecified atom stereocenters. The van der Waals surface area contributed by atoms with Crippen LogP contribution in [-0.4, -0.2) is 34.9 Å². The lowest BCUT2D eigenvalue weighted by Gasteiger charge is -2.11. The van der Waals surface area contributed by atoms with E-state index in [0.29, 0.717) is 48.4 Å². The maximum atomic E-state index is 11.2. The fourth-order valence-corrected chi connectivity index (χ4v) is 3.31. The molecule has 0 radical (unpaired) electrons. The summed E-state index contributed by atoms with van der Waals surface area (Å²) in [7, 11) is 0. The smallest absolute Gasteiger partial charge is 0.307 e. The van der Waals surface area contributed by atoms with Gasteiger partial charge in [-0.25, -0.2) is 4.98 Å². The van der Waals surface area contributed by atoms with E-state index < -0.39 is 0 Å². The number of rotatable bonds is 11. The monoisotopic (exact) mass is 429 g/mol. The molecule has 0 saturated heterocycles. The van der Waals surface area contributed by atoms with Gasteiger partial charge in [0.1, 0.15) is 19.0 Å². The largest absolute Gasteiger partial charge is 0.494 e. The predicted octanol–water partition coefficient (Wildman–Crippen LogP) is 3.10. The SMILES string of the molecule is C=C(NOCCOc1ccc(Cc2sc(=O)[nH]c2O)cc1)c1ccc(OCC)nc1. The number of thiazole rings is 1. The Morgan fingerprint density at radius 2 is 2.00 bits per heavy atom. The molecule has 2 heterocycles. The number of nitrogens with zero attached hydrogens (tertiary/aromatic N) is 1. The van der Waals surface area contributed by atoms with Crippen molar-refractivity contribution in [1.82, 2.24) is 15.4 Å². The van der Waals surface area contributed by atoms with Crippen LogP contribution in [0.3, 0.4) is 0 Å². The molecule has 0 bridgehead atoms. The fourth-order valence-electron chi connectivity index (χ4n) is 2.55. The van der Waals surface area contributed by atoms with Crippen molar-refractivity contribution in [3.63, 3.8) is 0 Å². The van der Waals surface area contributed by atoms with Crippen LogP contribution in [0.5, 0.6) is 17.5 Å². The zero-order valence-corrected chi connectivity index (χ0v) is 17.3. The highest BCUT2D eigenvalue weighted by atomic mass is 32.1. The quantitative estimate of drug-likeness (QED) is 0.318. The number of hydrogen-bond donors (Lipinski definition) is 3. The van der Waals surface area contributed by atoms with Crippen LogP contribution < -0.4 is 19.8 Å². The van der Waals surface area contributed by atoms with Crippen LogP contribution in [0.15, 0.2) is 54.0 Å². The lowest BCUT2D eigenvalue weighted by molar-refractivity contribution is 0.0541. The minimum Gasteiger partial charge on any atom is -0.494 e. The summed E-state index contributed by atoms with van der Waals surface area (Å²) in [6.45, 7) is 7.05. The average molecular weight is 429 g/mol. The van der Waals surface area contributed by atoms with Gasteiger partial charge in [0.05, 0.1) is 17.2 Å². The molecule has 0 aliphatic rings. The Labute approximate surface area is 177 Å². The van der Waals surface area contributed by atoms with Gasteiger partial charge in [-0.2, -0.15) is 0 Å². The van der Waals surface area contributed by atoms with Crippen molar-refractivity contribution in [2.24, 2.45) is 0 Å². The number of nitrogens with one attached hydrogen (secondary N) is 2. The third-order valence-electron chi connectivity index (χ3n) is 4.02. The van der Waals surface area contributed by atoms with Gasteiger partial charge in [-0.05, 0) is 30.7 Å². The van der Waals surface area contributed by atoms with Gasteiger partial charge < -0.3 is 14.6 Å². The molecule has 3 N–H and O–H groups in total. The Morgan fingerprint density at radius 1 is 1.20 bits per heavy atom. The van der Waals surface area contributed by atoms with Gasteiger partial charge in [0, 0.05) is 24.2 Å². The maximum absolute atomic E-state index is 11.2. The number of benzene rings is 1. The van der Waals surface area contributed by atoms with Crippen LogP contribution in [0.25, 0.3) is 5.70 Å². The normalized spacial score (nSPS) is 10.6. The zero-order valence-electron chi connectivity index (χ0n) is 16.5. The third-order valence-corrected chi connectivity index (χ3v) is 4.89. The summed E-state index contributed by atoms with van der Waals surface area (Å²) < 4.78 is 10.9. The first kappa shape index (κ1) is 21.4. The van der Waals surface area contributed by atoms with Crippen LogP contribution in [0.2, 0.25) is 0 Å². The van der Waals surface area contributed by atoms with Crippen molar-refractivity contribution < 1.29 is 19.4 Å². The second-order valence-electron chi connectivity index (χ2n) is 6.20. The Kier molecular flexibility index (Phi) is 7.47. The van der Waals surface area contributed by atoms with Crippen LogP contribution >= 0.6 is 11.3 Å². The number of hydroxylamine groups is 1. The van der Waals surface area contributed by atoms with Gasteiger partial charge in [0.25, 0.3) is 0 Å². The lowest BCUT2D eigenvalue weighted by Crippen LogP contribution is -2.17. The highest BCUT2D eigenvalue weighted by Gasteiger charge is 2.07. The van der Waals surface area contributed by atoms with E-state index in [0.717, 1.165) is 22.5 Å². The van der Waals surface area contributed by atoms with E-state index in [1.165, 1.54) is 0 Å². The van der Waals surface area contributed by atoms with Crippen LogP contribution in [0.4, 0.5) is 0 Å². The molecule has 0 amide bonds. The van der Waals surface area contributed by atoms with E-state index in [2.05, 4.69) is 22.0 Å². The average Bonchev–Trinajstić information content (AvgIpc) is 3.06. The number of hydrogen-bond acceptors (Lipinski definition) is 8. The molecule has 0 aliphatic heterocycles. The molecule has 3 rings (SSSR count). The summed E-state index contributed by atoms with van der Waals surface area (Å²) in [5, 5.41) is 9.65. The molecule has 0 aliphatic carbocycles. The van der Waals surface area contributed by atoms with Crippen molar-refractivity contribution in [2.45, 2.75) is 13.3 Å². The lowest BCUT2D eigenvalue weighted by atomic mass is 10.1. The fraction of sp³-hybridized carbons (Fsp3) is 0.238. The Bertz CT molecular complexity index is 1010. The number of ether oxygens (including phenoxy) is 2. The molecule has 0 spiro atoms. The molecule has 2 aromatic heterocycles. The molecule has 0 saturated carbocycles. The van der Waals surface area contributed by atoms with Crippen molar-refractivity contribution in [3.05, 3.63) is 74.8 Å². The minimum atomic E-state index is -0.266. The van der Waals surface area contributed by atoms with E-state index >= 15 is 0 Å². The third kappa shape index (κ3) is 6.10. The number of H-pyrrole nitrogens is 1. The molecule has 0 fully saturated rings. The molecular formula is C21H23N3O5S. The summed E-state index contributed by atoms with van der Waals surface area (Å²) in [6.07, 6.45) is 2.14. The highest BCUT2D eigenvalue weighted by molar-refractivity contribution is 7.09. The predicted molar refractivity (Wildman–Crippen MR) is 115 cm³/mol. The molecule has 8 nitrogen and oxygen atoms in total. The van der Waals surface area contributed by atoms with E-state index in [9.17, 15) is 9.90 Å². The molecule has 0 atom stereocenters. The summed E-state index contributed by atoms with van der Waals surface area (Å²) in [5.41, 5.74) is 5.13. The molecular weight excluding hydrogens is 406 g/mol. The first-order chi connectivity index (χ1) is 14.5. The summed E-state index contributed by atoms with van der Waals surface area (Å²) in [6, 6.07) is 11.1. The topological polar surface area (TPSA) is 106 Å². The molecule has 158 valence electrons. The van der Waals surface area contributed by atoms with Crippen LogP contribution in [-0.2, 0) is 11.3 Å². The second-order valence-corrected chi connectivity index (χ2v) is 7.27. The first-order valence-corrected chi connectivity index (χ1v) is 10.2. The van der Waals surface area contributed by atoms with Gasteiger partial charge in [0.15, 0.2) is 0 Å². The van der Waals surface area contributed by atoms with Crippen LogP contribution in [0, 0.1) is 0 Å². The molecule has 1 aromatic carbocycles. The molecule has 30 heavy (non-hydrogen) atoms. The van der Waals surface area contributed by atoms with Crippen molar-refractivity contribution in [1.29, 1.82) is 0 Å². The van der Waals surface area contributed by atoms with Gasteiger partial charge >= 0.3 is 4.87 Å².